The number of rotatable bonds is 3. The molecule has 0 aliphatic carbocycles. The van der Waals surface area contributed by atoms with Crippen molar-refractivity contribution in [2.24, 2.45) is 0 Å². The molecule has 1 N–H and O–H groups in total. The average molecular weight is 267 g/mol. The molecule has 0 saturated heterocycles. The zero-order valence-corrected chi connectivity index (χ0v) is 11.5. The van der Waals surface area contributed by atoms with Crippen LogP contribution in [0, 0.1) is 13.8 Å². The van der Waals surface area contributed by atoms with Crippen LogP contribution in [0.4, 0.5) is 0 Å². The van der Waals surface area contributed by atoms with Crippen LogP contribution in [0.3, 0.4) is 0 Å². The van der Waals surface area contributed by atoms with Gasteiger partial charge in [0.2, 0.25) is 0 Å². The minimum absolute atomic E-state index is 0.188. The van der Waals surface area contributed by atoms with Crippen LogP contribution in [-0.2, 0) is 6.42 Å². The fourth-order valence-corrected chi connectivity index (χ4v) is 3.76. The number of carboxylic acid groups (broad SMARTS) is 1. The number of carbonyl (C=O) groups is 1. The maximum Gasteiger partial charge on any atom is 0.356 e. The lowest BCUT2D eigenvalue weighted by Crippen LogP contribution is -1.99. The van der Waals surface area contributed by atoms with Gasteiger partial charge in [0, 0.05) is 15.3 Å². The van der Waals surface area contributed by atoms with E-state index in [9.17, 15) is 9.90 Å². The maximum absolute atomic E-state index is 11.2. The van der Waals surface area contributed by atoms with Crippen molar-refractivity contribution >= 4 is 28.6 Å². The van der Waals surface area contributed by atoms with E-state index in [1.807, 2.05) is 26.8 Å². The Labute approximate surface area is 108 Å². The van der Waals surface area contributed by atoms with Crippen molar-refractivity contribution in [2.75, 3.05) is 0 Å². The lowest BCUT2D eigenvalue weighted by Gasteiger charge is -1.96. The number of nitrogens with zero attached hydrogens (tertiary/aromatic N) is 1. The van der Waals surface area contributed by atoms with Gasteiger partial charge in [-0.25, -0.2) is 9.78 Å². The summed E-state index contributed by atoms with van der Waals surface area (Å²) < 4.78 is 0. The number of aromatic carboxylic acids is 1. The number of thiophene rings is 1. The molecule has 0 fully saturated rings. The molecule has 90 valence electrons. The molecule has 3 nitrogen and oxygen atoms in total. The summed E-state index contributed by atoms with van der Waals surface area (Å²) in [5.41, 5.74) is 1.20. The summed E-state index contributed by atoms with van der Waals surface area (Å²) in [4.78, 5) is 18.5. The van der Waals surface area contributed by atoms with Crippen molar-refractivity contribution in [2.45, 2.75) is 27.2 Å². The number of aromatic nitrogens is 1. The molecular weight excluding hydrogens is 254 g/mol. The second-order valence-electron chi connectivity index (χ2n) is 3.77. The Morgan fingerprint density at radius 2 is 2.12 bits per heavy atom. The van der Waals surface area contributed by atoms with Crippen LogP contribution in [0.1, 0.15) is 32.2 Å². The second kappa shape index (κ2) is 4.58. The van der Waals surface area contributed by atoms with Gasteiger partial charge in [0.15, 0.2) is 5.69 Å². The van der Waals surface area contributed by atoms with Gasteiger partial charge in [-0.05, 0) is 26.3 Å². The minimum Gasteiger partial charge on any atom is -0.476 e. The van der Waals surface area contributed by atoms with Crippen molar-refractivity contribution in [1.29, 1.82) is 0 Å². The predicted octanol–water partition coefficient (Wildman–Crippen LogP) is 3.75. The van der Waals surface area contributed by atoms with E-state index >= 15 is 0 Å². The fraction of sp³-hybridized carbons (Fsp3) is 0.333. The summed E-state index contributed by atoms with van der Waals surface area (Å²) in [6.07, 6.45) is 0.771. The summed E-state index contributed by atoms with van der Waals surface area (Å²) in [5.74, 6) is -0.945. The van der Waals surface area contributed by atoms with Crippen molar-refractivity contribution < 1.29 is 9.90 Å². The molecule has 2 heterocycles. The molecule has 0 spiro atoms. The van der Waals surface area contributed by atoms with Crippen LogP contribution in [0.15, 0.2) is 6.07 Å². The van der Waals surface area contributed by atoms with Gasteiger partial charge in [-0.1, -0.05) is 6.92 Å². The first-order chi connectivity index (χ1) is 8.02. The summed E-state index contributed by atoms with van der Waals surface area (Å²) in [6, 6.07) is 2.04. The first-order valence-electron chi connectivity index (χ1n) is 5.33. The van der Waals surface area contributed by atoms with Crippen LogP contribution in [0.25, 0.3) is 10.4 Å². The highest BCUT2D eigenvalue weighted by Gasteiger charge is 2.20. The van der Waals surface area contributed by atoms with Crippen LogP contribution in [0.2, 0.25) is 0 Å². The Morgan fingerprint density at radius 1 is 1.41 bits per heavy atom. The second-order valence-corrected chi connectivity index (χ2v) is 6.32. The fourth-order valence-electron chi connectivity index (χ4n) is 1.70. The summed E-state index contributed by atoms with van der Waals surface area (Å²) in [5, 5.41) is 10.1. The van der Waals surface area contributed by atoms with Gasteiger partial charge in [-0.2, -0.15) is 0 Å². The van der Waals surface area contributed by atoms with Gasteiger partial charge >= 0.3 is 5.97 Å². The average Bonchev–Trinajstić information content (AvgIpc) is 2.81. The van der Waals surface area contributed by atoms with Gasteiger partial charge in [0.05, 0.1) is 9.88 Å². The number of hydrogen-bond donors (Lipinski definition) is 1. The van der Waals surface area contributed by atoms with Gasteiger partial charge in [0.1, 0.15) is 0 Å². The van der Waals surface area contributed by atoms with E-state index in [1.165, 1.54) is 16.2 Å². The molecule has 0 aliphatic heterocycles. The number of aryl methyl sites for hydroxylation is 3. The zero-order chi connectivity index (χ0) is 12.6. The third-order valence-corrected chi connectivity index (χ3v) is 4.66. The summed E-state index contributed by atoms with van der Waals surface area (Å²) in [6.45, 7) is 6.04. The lowest BCUT2D eigenvalue weighted by molar-refractivity contribution is 0.0692. The molecule has 0 bridgehead atoms. The topological polar surface area (TPSA) is 50.2 Å². The molecule has 0 aliphatic rings. The Bertz CT molecular complexity index is 569. The van der Waals surface area contributed by atoms with Gasteiger partial charge in [-0.15, -0.1) is 22.7 Å². The van der Waals surface area contributed by atoms with Gasteiger partial charge in [0.25, 0.3) is 0 Å². The molecule has 5 heteroatoms. The van der Waals surface area contributed by atoms with Crippen LogP contribution < -0.4 is 0 Å². The molecule has 2 aromatic rings. The van der Waals surface area contributed by atoms with Crippen molar-refractivity contribution in [1.82, 2.24) is 4.98 Å². The molecule has 0 atom stereocenters. The Balaban J connectivity index is 2.61. The van der Waals surface area contributed by atoms with Crippen molar-refractivity contribution in [3.05, 3.63) is 26.5 Å². The van der Waals surface area contributed by atoms with E-state index in [-0.39, 0.29) is 5.69 Å². The van der Waals surface area contributed by atoms with Crippen LogP contribution >= 0.6 is 22.7 Å². The maximum atomic E-state index is 11.2. The highest BCUT2D eigenvalue weighted by molar-refractivity contribution is 7.16. The first kappa shape index (κ1) is 12.3. The van der Waals surface area contributed by atoms with Crippen molar-refractivity contribution in [3.8, 4) is 10.4 Å². The molecule has 2 aromatic heterocycles. The third-order valence-electron chi connectivity index (χ3n) is 2.46. The molecule has 0 aromatic carbocycles. The van der Waals surface area contributed by atoms with E-state index in [1.54, 1.807) is 11.3 Å². The van der Waals surface area contributed by atoms with Crippen molar-refractivity contribution in [3.63, 3.8) is 0 Å². The van der Waals surface area contributed by atoms with E-state index in [4.69, 9.17) is 0 Å². The number of hydrogen-bond acceptors (Lipinski definition) is 4. The molecule has 0 amide bonds. The third kappa shape index (κ3) is 2.25. The van der Waals surface area contributed by atoms with E-state index in [0.717, 1.165) is 26.7 Å². The zero-order valence-electron chi connectivity index (χ0n) is 9.90. The largest absolute Gasteiger partial charge is 0.476 e. The van der Waals surface area contributed by atoms with Gasteiger partial charge in [-0.3, -0.25) is 0 Å². The lowest BCUT2D eigenvalue weighted by atomic mass is 10.2. The number of thiazole rings is 1. The molecule has 2 rings (SSSR count). The Morgan fingerprint density at radius 3 is 2.59 bits per heavy atom. The SMILES string of the molecule is CCc1nc(C(=O)O)c(-c2cc(C)sc2C)s1. The summed E-state index contributed by atoms with van der Waals surface area (Å²) >= 11 is 3.17. The highest BCUT2D eigenvalue weighted by Crippen LogP contribution is 2.36. The quantitative estimate of drug-likeness (QED) is 0.921. The normalized spacial score (nSPS) is 10.8. The summed E-state index contributed by atoms with van der Waals surface area (Å²) in [7, 11) is 0. The van der Waals surface area contributed by atoms with Crippen LogP contribution in [0.5, 0.6) is 0 Å². The van der Waals surface area contributed by atoms with E-state index in [0.29, 0.717) is 0 Å². The molecular formula is C12H13NO2S2. The molecule has 0 saturated carbocycles. The standard InChI is InChI=1S/C12H13NO2S2/c1-4-9-13-10(12(14)15)11(17-9)8-5-6(2)16-7(8)3/h5H,4H2,1-3H3,(H,14,15). The monoisotopic (exact) mass is 267 g/mol. The van der Waals surface area contributed by atoms with E-state index < -0.39 is 5.97 Å². The van der Waals surface area contributed by atoms with E-state index in [2.05, 4.69) is 4.98 Å². The predicted molar refractivity (Wildman–Crippen MR) is 71.2 cm³/mol. The Hall–Kier alpha value is -1.20. The molecule has 17 heavy (non-hydrogen) atoms. The smallest absolute Gasteiger partial charge is 0.356 e. The first-order valence-corrected chi connectivity index (χ1v) is 6.96. The van der Waals surface area contributed by atoms with Gasteiger partial charge < -0.3 is 5.11 Å². The minimum atomic E-state index is -0.945. The highest BCUT2D eigenvalue weighted by atomic mass is 32.1. The molecule has 0 unspecified atom stereocenters. The van der Waals surface area contributed by atoms with Crippen LogP contribution in [-0.4, -0.2) is 16.1 Å². The molecule has 0 radical (unpaired) electrons. The Kier molecular flexibility index (Phi) is 3.31. The number of carboxylic acids is 1.